The molecule has 0 fully saturated rings. The minimum Gasteiger partial charge on any atom is -0.396 e. The van der Waals surface area contributed by atoms with Crippen LogP contribution in [0.15, 0.2) is 0 Å². The summed E-state index contributed by atoms with van der Waals surface area (Å²) in [7, 11) is 0. The summed E-state index contributed by atoms with van der Waals surface area (Å²) in [5.41, 5.74) is 0. The van der Waals surface area contributed by atoms with Gasteiger partial charge in [-0.2, -0.15) is 0 Å². The van der Waals surface area contributed by atoms with Gasteiger partial charge in [0.1, 0.15) is 0 Å². The van der Waals surface area contributed by atoms with E-state index in [2.05, 4.69) is 0 Å². The molecule has 16 heavy (non-hydrogen) atoms. The molecule has 0 aliphatic heterocycles. The lowest BCUT2D eigenvalue weighted by molar-refractivity contribution is 0.282. The van der Waals surface area contributed by atoms with Gasteiger partial charge in [-0.15, -0.1) is 0 Å². The molecule has 0 aliphatic carbocycles. The van der Waals surface area contributed by atoms with E-state index in [-0.39, 0.29) is 0 Å². The van der Waals surface area contributed by atoms with Crippen molar-refractivity contribution < 1.29 is 9.90 Å². The molecule has 1 radical (unpaired) electrons. The molecule has 0 aromatic heterocycles. The molecule has 0 spiro atoms. The maximum absolute atomic E-state index is 9.95. The average molecular weight is 227 g/mol. The van der Waals surface area contributed by atoms with Gasteiger partial charge < -0.3 is 5.11 Å². The van der Waals surface area contributed by atoms with Crippen LogP contribution < -0.4 is 0 Å². The molecule has 0 atom stereocenters. The van der Waals surface area contributed by atoms with E-state index in [1.54, 1.807) is 0 Å². The zero-order chi connectivity index (χ0) is 11.9. The van der Waals surface area contributed by atoms with Crippen molar-refractivity contribution in [1.29, 1.82) is 0 Å². The van der Waals surface area contributed by atoms with Crippen LogP contribution in [0.1, 0.15) is 77.0 Å². The molecule has 0 saturated heterocycles. The van der Waals surface area contributed by atoms with Crippen LogP contribution in [-0.2, 0) is 4.79 Å². The van der Waals surface area contributed by atoms with Crippen LogP contribution in [0.2, 0.25) is 0 Å². The van der Waals surface area contributed by atoms with E-state index in [0.29, 0.717) is 13.0 Å². The van der Waals surface area contributed by atoms with Gasteiger partial charge in [0, 0.05) is 13.0 Å². The fraction of sp³-hybridized carbons (Fsp3) is 0.929. The van der Waals surface area contributed by atoms with Gasteiger partial charge in [0.15, 0.2) is 6.29 Å². The van der Waals surface area contributed by atoms with Crippen LogP contribution in [-0.4, -0.2) is 18.0 Å². The van der Waals surface area contributed by atoms with Gasteiger partial charge in [0.25, 0.3) is 0 Å². The largest absolute Gasteiger partial charge is 0.396 e. The molecule has 0 aromatic carbocycles. The topological polar surface area (TPSA) is 37.3 Å². The second kappa shape index (κ2) is 14.6. The Balaban J connectivity index is 2.85. The Bertz CT molecular complexity index is 135. The molecule has 0 unspecified atom stereocenters. The number of hydrogen-bond donors (Lipinski definition) is 1. The number of hydrogen-bond acceptors (Lipinski definition) is 2. The first-order valence-corrected chi connectivity index (χ1v) is 6.87. The quantitative estimate of drug-likeness (QED) is 0.486. The Labute approximate surface area is 100 Å². The first-order chi connectivity index (χ1) is 7.91. The number of rotatable bonds is 13. The number of aliphatic hydroxyl groups excluding tert-OH is 1. The van der Waals surface area contributed by atoms with Gasteiger partial charge >= 0.3 is 0 Å². The van der Waals surface area contributed by atoms with Gasteiger partial charge in [0.2, 0.25) is 0 Å². The van der Waals surface area contributed by atoms with Crippen molar-refractivity contribution in [1.82, 2.24) is 0 Å². The van der Waals surface area contributed by atoms with Crippen molar-refractivity contribution in [2.45, 2.75) is 77.0 Å². The second-order valence-corrected chi connectivity index (χ2v) is 4.51. The van der Waals surface area contributed by atoms with E-state index >= 15 is 0 Å². The minimum atomic E-state index is 0.345. The van der Waals surface area contributed by atoms with Crippen LogP contribution >= 0.6 is 0 Å². The summed E-state index contributed by atoms with van der Waals surface area (Å²) in [6.07, 6.45) is 16.1. The molecule has 0 heterocycles. The third kappa shape index (κ3) is 13.6. The lowest BCUT2D eigenvalue weighted by Gasteiger charge is -2.01. The maximum atomic E-state index is 9.95. The van der Waals surface area contributed by atoms with Crippen LogP contribution in [0.5, 0.6) is 0 Å². The van der Waals surface area contributed by atoms with Gasteiger partial charge in [-0.25, -0.2) is 0 Å². The molecule has 0 rings (SSSR count). The first-order valence-electron chi connectivity index (χ1n) is 6.87. The number of aliphatic hydroxyl groups is 1. The van der Waals surface area contributed by atoms with E-state index in [9.17, 15) is 4.79 Å². The average Bonchev–Trinajstić information content (AvgIpc) is 2.31. The molecule has 2 heteroatoms. The van der Waals surface area contributed by atoms with Gasteiger partial charge in [-0.05, 0) is 12.8 Å². The second-order valence-electron chi connectivity index (χ2n) is 4.51. The van der Waals surface area contributed by atoms with Crippen molar-refractivity contribution in [2.75, 3.05) is 6.61 Å². The van der Waals surface area contributed by atoms with E-state index < -0.39 is 0 Å². The Morgan fingerprint density at radius 3 is 1.38 bits per heavy atom. The third-order valence-corrected chi connectivity index (χ3v) is 2.94. The van der Waals surface area contributed by atoms with Crippen LogP contribution in [0.4, 0.5) is 0 Å². The van der Waals surface area contributed by atoms with E-state index in [4.69, 9.17) is 5.11 Å². The fourth-order valence-electron chi connectivity index (χ4n) is 1.90. The highest BCUT2D eigenvalue weighted by molar-refractivity contribution is 5.50. The molecule has 2 nitrogen and oxygen atoms in total. The van der Waals surface area contributed by atoms with Crippen LogP contribution in [0, 0.1) is 0 Å². The van der Waals surface area contributed by atoms with Crippen molar-refractivity contribution in [3.05, 3.63) is 0 Å². The fourth-order valence-corrected chi connectivity index (χ4v) is 1.90. The predicted octanol–water partition coefficient (Wildman–Crippen LogP) is 3.77. The molecule has 0 aromatic rings. The Morgan fingerprint density at radius 2 is 1.00 bits per heavy atom. The number of unbranched alkanes of at least 4 members (excludes halogenated alkanes) is 11. The summed E-state index contributed by atoms with van der Waals surface area (Å²) < 4.78 is 0. The standard InChI is InChI=1S/C14H27O2/c15-13-11-9-7-5-3-1-2-4-6-8-10-12-14-16/h15H,1-13H2. The molecule has 0 saturated carbocycles. The van der Waals surface area contributed by atoms with Crippen LogP contribution in [0.25, 0.3) is 0 Å². The van der Waals surface area contributed by atoms with Crippen molar-refractivity contribution in [3.63, 3.8) is 0 Å². The normalized spacial score (nSPS) is 10.6. The third-order valence-electron chi connectivity index (χ3n) is 2.94. The summed E-state index contributed by atoms with van der Waals surface area (Å²) in [5, 5.41) is 8.60. The summed E-state index contributed by atoms with van der Waals surface area (Å²) in [5.74, 6) is 0. The molecule has 0 amide bonds. The molecular weight excluding hydrogens is 200 g/mol. The van der Waals surface area contributed by atoms with E-state index in [1.807, 2.05) is 6.29 Å². The molecular formula is C14H27O2. The van der Waals surface area contributed by atoms with Gasteiger partial charge in [0.05, 0.1) is 0 Å². The van der Waals surface area contributed by atoms with Crippen molar-refractivity contribution >= 4 is 6.29 Å². The molecule has 95 valence electrons. The maximum Gasteiger partial charge on any atom is 0.198 e. The van der Waals surface area contributed by atoms with Crippen molar-refractivity contribution in [3.8, 4) is 0 Å². The minimum absolute atomic E-state index is 0.345. The van der Waals surface area contributed by atoms with Gasteiger partial charge in [-0.1, -0.05) is 57.8 Å². The summed E-state index contributed by atoms with van der Waals surface area (Å²) in [6.45, 7) is 0.345. The lowest BCUT2D eigenvalue weighted by Crippen LogP contribution is -1.85. The highest BCUT2D eigenvalue weighted by Gasteiger charge is 1.93. The zero-order valence-electron chi connectivity index (χ0n) is 10.5. The monoisotopic (exact) mass is 227 g/mol. The highest BCUT2D eigenvalue weighted by atomic mass is 16.2. The first kappa shape index (κ1) is 15.6. The molecule has 1 N–H and O–H groups in total. The van der Waals surface area contributed by atoms with Crippen LogP contribution in [0.3, 0.4) is 0 Å². The summed E-state index contributed by atoms with van der Waals surface area (Å²) in [6, 6.07) is 0. The van der Waals surface area contributed by atoms with E-state index in [1.165, 1.54) is 57.8 Å². The predicted molar refractivity (Wildman–Crippen MR) is 68.2 cm³/mol. The summed E-state index contributed by atoms with van der Waals surface area (Å²) >= 11 is 0. The number of carbonyl (C=O) groups excluding carboxylic acids is 1. The Hall–Kier alpha value is -0.370. The van der Waals surface area contributed by atoms with Gasteiger partial charge in [-0.3, -0.25) is 4.79 Å². The Kier molecular flexibility index (Phi) is 14.3. The smallest absolute Gasteiger partial charge is 0.198 e. The summed E-state index contributed by atoms with van der Waals surface area (Å²) in [4.78, 5) is 9.95. The lowest BCUT2D eigenvalue weighted by atomic mass is 10.1. The SMILES string of the molecule is O=[C]CCCCCCCCCCCCCO. The van der Waals surface area contributed by atoms with E-state index in [0.717, 1.165) is 12.8 Å². The molecule has 0 bridgehead atoms. The van der Waals surface area contributed by atoms with Crippen molar-refractivity contribution in [2.24, 2.45) is 0 Å². The molecule has 0 aliphatic rings. The Morgan fingerprint density at radius 1 is 0.625 bits per heavy atom. The zero-order valence-corrected chi connectivity index (χ0v) is 10.5. The highest BCUT2D eigenvalue weighted by Crippen LogP contribution is 2.11.